The van der Waals surface area contributed by atoms with Crippen LogP contribution in [0.2, 0.25) is 0 Å². The van der Waals surface area contributed by atoms with Gasteiger partial charge in [0.05, 0.1) is 13.1 Å². The summed E-state index contributed by atoms with van der Waals surface area (Å²) in [5.41, 5.74) is 2.54. The quantitative estimate of drug-likeness (QED) is 0.451. The topological polar surface area (TPSA) is 107 Å². The molecule has 0 atom stereocenters. The van der Waals surface area contributed by atoms with Gasteiger partial charge in [-0.2, -0.15) is 4.98 Å². The molecule has 10 nitrogen and oxygen atoms in total. The predicted octanol–water partition coefficient (Wildman–Crippen LogP) is 1.83. The van der Waals surface area contributed by atoms with Crippen LogP contribution in [0.5, 0.6) is 0 Å². The molecule has 0 saturated carbocycles. The number of likely N-dealkylation sites (N-methyl/N-ethyl adjacent to an activating group) is 1. The molecular weight excluding hydrogens is 458 g/mol. The second-order valence-corrected chi connectivity index (χ2v) is 9.99. The number of anilines is 1. The van der Waals surface area contributed by atoms with Crippen LogP contribution in [-0.2, 0) is 9.59 Å². The van der Waals surface area contributed by atoms with Crippen molar-refractivity contribution in [2.45, 2.75) is 52.6 Å². The Labute approximate surface area is 214 Å². The molecule has 36 heavy (non-hydrogen) atoms. The number of aryl methyl sites for hydroxylation is 2. The van der Waals surface area contributed by atoms with E-state index in [1.807, 2.05) is 42.0 Å². The number of carbonyl (C=O) groups is 2. The highest BCUT2D eigenvalue weighted by atomic mass is 16.5. The Morgan fingerprint density at radius 1 is 1.17 bits per heavy atom. The van der Waals surface area contributed by atoms with Gasteiger partial charge >= 0.3 is 0 Å². The highest BCUT2D eigenvalue weighted by molar-refractivity contribution is 5.87. The fourth-order valence-electron chi connectivity index (χ4n) is 4.38. The van der Waals surface area contributed by atoms with Crippen molar-refractivity contribution in [3.8, 4) is 11.4 Å². The minimum absolute atomic E-state index is 0.000892. The fraction of sp³-hybridized carbons (Fsp3) is 0.615. The molecule has 1 aliphatic heterocycles. The number of hydrogen-bond donors (Lipinski definition) is 2. The standard InChI is InChI=1S/C26H41N7O3/c1-18(2)27-11-12-28-24(34)16-33(17-25(35)32(6)22-9-13-31(5)14-10-22)23-15-21(8-7-19(23)3)26-29-20(4)36-30-26/h7-8,15,18,22,27H,9-14,16-17H2,1-6H3,(H,28,34). The van der Waals surface area contributed by atoms with Gasteiger partial charge in [0, 0.05) is 50.4 Å². The molecule has 198 valence electrons. The summed E-state index contributed by atoms with van der Waals surface area (Å²) < 4.78 is 5.15. The first-order chi connectivity index (χ1) is 17.1. The summed E-state index contributed by atoms with van der Waals surface area (Å²) in [6.45, 7) is 11.2. The number of nitrogens with one attached hydrogen (secondary N) is 2. The molecule has 1 saturated heterocycles. The average Bonchev–Trinajstić information content (AvgIpc) is 3.28. The van der Waals surface area contributed by atoms with Crippen molar-refractivity contribution in [3.05, 3.63) is 29.7 Å². The maximum Gasteiger partial charge on any atom is 0.242 e. The van der Waals surface area contributed by atoms with Crippen LogP contribution in [0.4, 0.5) is 5.69 Å². The Hall–Kier alpha value is -2.98. The largest absolute Gasteiger partial charge is 0.353 e. The number of likely N-dealkylation sites (tertiary alicyclic amines) is 1. The summed E-state index contributed by atoms with van der Waals surface area (Å²) in [6, 6.07) is 6.37. The normalized spacial score (nSPS) is 14.8. The molecule has 2 heterocycles. The Kier molecular flexibility index (Phi) is 9.83. The van der Waals surface area contributed by atoms with Crippen LogP contribution in [0.15, 0.2) is 22.7 Å². The maximum atomic E-state index is 13.4. The van der Waals surface area contributed by atoms with Gasteiger partial charge < -0.3 is 29.9 Å². The Bertz CT molecular complexity index is 1010. The lowest BCUT2D eigenvalue weighted by molar-refractivity contribution is -0.131. The maximum absolute atomic E-state index is 13.4. The van der Waals surface area contributed by atoms with Crippen molar-refractivity contribution in [3.63, 3.8) is 0 Å². The second-order valence-electron chi connectivity index (χ2n) is 9.99. The summed E-state index contributed by atoms with van der Waals surface area (Å²) in [4.78, 5) is 36.6. The third-order valence-electron chi connectivity index (χ3n) is 6.63. The molecule has 0 radical (unpaired) electrons. The Morgan fingerprint density at radius 3 is 2.53 bits per heavy atom. The van der Waals surface area contributed by atoms with E-state index in [4.69, 9.17) is 4.52 Å². The highest BCUT2D eigenvalue weighted by Crippen LogP contribution is 2.27. The second kappa shape index (κ2) is 12.8. The molecule has 0 bridgehead atoms. The van der Waals surface area contributed by atoms with Gasteiger partial charge in [-0.15, -0.1) is 0 Å². The van der Waals surface area contributed by atoms with Crippen molar-refractivity contribution in [1.82, 2.24) is 30.6 Å². The number of benzene rings is 1. The summed E-state index contributed by atoms with van der Waals surface area (Å²) in [7, 11) is 3.98. The molecule has 0 spiro atoms. The first-order valence-electron chi connectivity index (χ1n) is 12.7. The molecule has 10 heteroatoms. The van der Waals surface area contributed by atoms with E-state index in [9.17, 15) is 9.59 Å². The van der Waals surface area contributed by atoms with Crippen LogP contribution in [0.1, 0.15) is 38.1 Å². The smallest absolute Gasteiger partial charge is 0.242 e. The van der Waals surface area contributed by atoms with Gasteiger partial charge in [0.2, 0.25) is 23.5 Å². The third-order valence-corrected chi connectivity index (χ3v) is 6.63. The summed E-state index contributed by atoms with van der Waals surface area (Å²) in [6.07, 6.45) is 1.90. The Balaban J connectivity index is 1.78. The van der Waals surface area contributed by atoms with Crippen molar-refractivity contribution < 1.29 is 14.1 Å². The Morgan fingerprint density at radius 2 is 1.89 bits per heavy atom. The van der Waals surface area contributed by atoms with Gasteiger partial charge in [0.1, 0.15) is 0 Å². The zero-order valence-electron chi connectivity index (χ0n) is 22.5. The summed E-state index contributed by atoms with van der Waals surface area (Å²) in [5.74, 6) is 0.829. The van der Waals surface area contributed by atoms with E-state index in [1.54, 1.807) is 6.92 Å². The van der Waals surface area contributed by atoms with Crippen LogP contribution >= 0.6 is 0 Å². The number of carbonyl (C=O) groups excluding carboxylic acids is 2. The number of aromatic nitrogens is 2. The lowest BCUT2D eigenvalue weighted by Crippen LogP contribution is -2.49. The average molecular weight is 500 g/mol. The van der Waals surface area contributed by atoms with Crippen LogP contribution in [0, 0.1) is 13.8 Å². The fourth-order valence-corrected chi connectivity index (χ4v) is 4.38. The van der Waals surface area contributed by atoms with Crippen LogP contribution in [0.25, 0.3) is 11.4 Å². The molecule has 2 amide bonds. The number of nitrogens with zero attached hydrogens (tertiary/aromatic N) is 5. The highest BCUT2D eigenvalue weighted by Gasteiger charge is 2.26. The molecular formula is C26H41N7O3. The first-order valence-corrected chi connectivity index (χ1v) is 12.7. The van der Waals surface area contributed by atoms with E-state index in [0.717, 1.165) is 42.7 Å². The molecule has 2 aromatic rings. The van der Waals surface area contributed by atoms with Crippen molar-refractivity contribution in [2.24, 2.45) is 0 Å². The summed E-state index contributed by atoms with van der Waals surface area (Å²) >= 11 is 0. The van der Waals surface area contributed by atoms with E-state index in [2.05, 4.69) is 46.6 Å². The zero-order chi connectivity index (χ0) is 26.2. The monoisotopic (exact) mass is 499 g/mol. The van der Waals surface area contributed by atoms with Gasteiger partial charge in [-0.05, 0) is 51.5 Å². The molecule has 1 aromatic carbocycles. The van der Waals surface area contributed by atoms with Gasteiger partial charge in [-0.1, -0.05) is 31.1 Å². The molecule has 1 aromatic heterocycles. The van der Waals surface area contributed by atoms with Crippen LogP contribution in [0.3, 0.4) is 0 Å². The molecule has 3 rings (SSSR count). The zero-order valence-corrected chi connectivity index (χ0v) is 22.5. The van der Waals surface area contributed by atoms with E-state index < -0.39 is 0 Å². The number of hydrogen-bond acceptors (Lipinski definition) is 8. The third kappa shape index (κ3) is 7.76. The lowest BCUT2D eigenvalue weighted by atomic mass is 10.0. The van der Waals surface area contributed by atoms with E-state index >= 15 is 0 Å². The number of rotatable bonds is 11. The van der Waals surface area contributed by atoms with Crippen molar-refractivity contribution in [1.29, 1.82) is 0 Å². The lowest BCUT2D eigenvalue weighted by Gasteiger charge is -2.36. The number of amides is 2. The molecule has 2 N–H and O–H groups in total. The SMILES string of the molecule is Cc1nc(-c2ccc(C)c(N(CC(=O)NCCNC(C)C)CC(=O)N(C)C3CCN(C)CC3)c2)no1. The van der Waals surface area contributed by atoms with Gasteiger partial charge in [-0.3, -0.25) is 9.59 Å². The number of piperidine rings is 1. The van der Waals surface area contributed by atoms with Gasteiger partial charge in [0.25, 0.3) is 0 Å². The minimum Gasteiger partial charge on any atom is -0.353 e. The first kappa shape index (κ1) is 27.6. The van der Waals surface area contributed by atoms with Crippen LogP contribution in [-0.4, -0.2) is 97.2 Å². The predicted molar refractivity (Wildman–Crippen MR) is 141 cm³/mol. The van der Waals surface area contributed by atoms with Crippen molar-refractivity contribution >= 4 is 17.5 Å². The van der Waals surface area contributed by atoms with Crippen molar-refractivity contribution in [2.75, 3.05) is 58.3 Å². The van der Waals surface area contributed by atoms with Gasteiger partial charge in [-0.25, -0.2) is 0 Å². The molecule has 1 fully saturated rings. The summed E-state index contributed by atoms with van der Waals surface area (Å²) in [5, 5.41) is 10.3. The van der Waals surface area contributed by atoms with E-state index in [0.29, 0.717) is 30.8 Å². The van der Waals surface area contributed by atoms with Gasteiger partial charge in [0.15, 0.2) is 0 Å². The minimum atomic E-state index is -0.129. The van der Waals surface area contributed by atoms with E-state index in [1.165, 1.54) is 0 Å². The molecule has 0 aliphatic carbocycles. The van der Waals surface area contributed by atoms with E-state index in [-0.39, 0.29) is 30.9 Å². The van der Waals surface area contributed by atoms with Crippen LogP contribution < -0.4 is 15.5 Å². The molecule has 1 aliphatic rings. The molecule has 0 unspecified atom stereocenters.